The molecule has 1 N–H and O–H groups in total. The number of aromatic nitrogens is 1. The van der Waals surface area contributed by atoms with Gasteiger partial charge in [0, 0.05) is 5.56 Å². The van der Waals surface area contributed by atoms with Crippen LogP contribution >= 0.6 is 11.3 Å². The highest BCUT2D eigenvalue weighted by molar-refractivity contribution is 7.22. The standard InChI is InChI=1S/C23H15FN2O4S/c1-12-7-10-16(30-12)19-18(20(27)13-5-3-2-4-6-13)21(28)22(29)26(19)23-25-15-9-8-14(24)11-17(15)31-23/h2-11,19,27H,1H3/b20-18+. The monoisotopic (exact) mass is 434 g/mol. The summed E-state index contributed by atoms with van der Waals surface area (Å²) < 4.78 is 19.9. The number of hydrogen-bond acceptors (Lipinski definition) is 6. The van der Waals surface area contributed by atoms with Crippen LogP contribution in [0.3, 0.4) is 0 Å². The summed E-state index contributed by atoms with van der Waals surface area (Å²) in [6.07, 6.45) is 0. The lowest BCUT2D eigenvalue weighted by Crippen LogP contribution is -2.29. The normalized spacial score (nSPS) is 18.3. The number of carbonyl (C=O) groups is 2. The summed E-state index contributed by atoms with van der Waals surface area (Å²) in [4.78, 5) is 31.7. The number of hydrogen-bond donors (Lipinski definition) is 1. The molecule has 8 heteroatoms. The molecule has 31 heavy (non-hydrogen) atoms. The first-order valence-electron chi connectivity index (χ1n) is 9.43. The first kappa shape index (κ1) is 19.2. The Kier molecular flexibility index (Phi) is 4.44. The van der Waals surface area contributed by atoms with E-state index in [1.807, 2.05) is 0 Å². The molecular formula is C23H15FN2O4S. The molecule has 0 aliphatic carbocycles. The van der Waals surface area contributed by atoms with Gasteiger partial charge in [-0.25, -0.2) is 9.37 Å². The van der Waals surface area contributed by atoms with Crippen molar-refractivity contribution >= 4 is 44.1 Å². The molecular weight excluding hydrogens is 419 g/mol. The van der Waals surface area contributed by atoms with Gasteiger partial charge in [0.2, 0.25) is 0 Å². The lowest BCUT2D eigenvalue weighted by atomic mass is 9.99. The van der Waals surface area contributed by atoms with Crippen LogP contribution in [0.4, 0.5) is 9.52 Å². The largest absolute Gasteiger partial charge is 0.507 e. The van der Waals surface area contributed by atoms with Crippen molar-refractivity contribution < 1.29 is 23.5 Å². The molecule has 4 aromatic rings. The number of ketones is 1. The van der Waals surface area contributed by atoms with E-state index in [1.165, 1.54) is 23.1 Å². The number of amides is 1. The molecule has 2 aromatic carbocycles. The van der Waals surface area contributed by atoms with Gasteiger partial charge in [-0.3, -0.25) is 14.5 Å². The number of thiazole rings is 1. The molecule has 2 aromatic heterocycles. The average molecular weight is 434 g/mol. The maximum Gasteiger partial charge on any atom is 0.302 e. The molecule has 0 bridgehead atoms. The van der Waals surface area contributed by atoms with Crippen LogP contribution in [-0.4, -0.2) is 21.8 Å². The van der Waals surface area contributed by atoms with Crippen LogP contribution in [0.15, 0.2) is 70.7 Å². The van der Waals surface area contributed by atoms with E-state index in [2.05, 4.69) is 4.98 Å². The van der Waals surface area contributed by atoms with Crippen LogP contribution < -0.4 is 4.90 Å². The Morgan fingerprint density at radius 3 is 2.61 bits per heavy atom. The number of fused-ring (bicyclic) bond motifs is 1. The van der Waals surface area contributed by atoms with Crippen molar-refractivity contribution in [2.45, 2.75) is 13.0 Å². The van der Waals surface area contributed by atoms with E-state index >= 15 is 0 Å². The van der Waals surface area contributed by atoms with Gasteiger partial charge in [-0.1, -0.05) is 41.7 Å². The zero-order valence-corrected chi connectivity index (χ0v) is 17.0. The van der Waals surface area contributed by atoms with Crippen molar-refractivity contribution in [3.63, 3.8) is 0 Å². The number of carbonyl (C=O) groups excluding carboxylic acids is 2. The maximum absolute atomic E-state index is 13.7. The third-order valence-electron chi connectivity index (χ3n) is 5.07. The number of benzene rings is 2. The minimum absolute atomic E-state index is 0.0870. The number of halogens is 1. The predicted molar refractivity (Wildman–Crippen MR) is 114 cm³/mol. The average Bonchev–Trinajstić information content (AvgIpc) is 3.44. The van der Waals surface area contributed by atoms with E-state index in [0.29, 0.717) is 27.3 Å². The van der Waals surface area contributed by atoms with Crippen molar-refractivity contribution in [3.05, 3.63) is 89.1 Å². The molecule has 3 heterocycles. The molecule has 0 radical (unpaired) electrons. The van der Waals surface area contributed by atoms with E-state index in [4.69, 9.17) is 4.42 Å². The van der Waals surface area contributed by atoms with Gasteiger partial charge in [-0.05, 0) is 37.3 Å². The Morgan fingerprint density at radius 1 is 1.13 bits per heavy atom. The van der Waals surface area contributed by atoms with E-state index in [1.54, 1.807) is 49.4 Å². The summed E-state index contributed by atoms with van der Waals surface area (Å²) in [6, 6.07) is 15.0. The first-order chi connectivity index (χ1) is 14.9. The highest BCUT2D eigenvalue weighted by Gasteiger charge is 2.49. The zero-order valence-electron chi connectivity index (χ0n) is 16.2. The Balaban J connectivity index is 1.73. The third kappa shape index (κ3) is 3.12. The van der Waals surface area contributed by atoms with Crippen molar-refractivity contribution in [3.8, 4) is 0 Å². The predicted octanol–water partition coefficient (Wildman–Crippen LogP) is 4.96. The molecule has 1 unspecified atom stereocenters. The van der Waals surface area contributed by atoms with Gasteiger partial charge in [0.1, 0.15) is 29.1 Å². The number of anilines is 1. The number of aliphatic hydroxyl groups excluding tert-OH is 1. The Morgan fingerprint density at radius 2 is 1.90 bits per heavy atom. The van der Waals surface area contributed by atoms with Crippen molar-refractivity contribution in [2.24, 2.45) is 0 Å². The number of rotatable bonds is 3. The van der Waals surface area contributed by atoms with Gasteiger partial charge in [0.15, 0.2) is 5.13 Å². The SMILES string of the molecule is Cc1ccc(C2/C(=C(\O)c3ccccc3)C(=O)C(=O)N2c2nc3ccc(F)cc3s2)o1. The van der Waals surface area contributed by atoms with E-state index in [0.717, 1.165) is 11.3 Å². The van der Waals surface area contributed by atoms with E-state index in [-0.39, 0.29) is 16.5 Å². The number of aryl methyl sites for hydroxylation is 1. The topological polar surface area (TPSA) is 83.6 Å². The Bertz CT molecular complexity index is 1370. The van der Waals surface area contributed by atoms with Crippen LogP contribution in [0.5, 0.6) is 0 Å². The molecule has 1 saturated heterocycles. The zero-order chi connectivity index (χ0) is 21.7. The number of aliphatic hydroxyl groups is 1. The van der Waals surface area contributed by atoms with Gasteiger partial charge in [0.25, 0.3) is 5.78 Å². The minimum Gasteiger partial charge on any atom is -0.507 e. The maximum atomic E-state index is 13.7. The second kappa shape index (κ2) is 7.17. The van der Waals surface area contributed by atoms with Crippen molar-refractivity contribution in [1.82, 2.24) is 4.98 Å². The fourth-order valence-corrected chi connectivity index (χ4v) is 4.66. The smallest absolute Gasteiger partial charge is 0.302 e. The van der Waals surface area contributed by atoms with Crippen LogP contribution in [0.2, 0.25) is 0 Å². The van der Waals surface area contributed by atoms with Gasteiger partial charge in [-0.15, -0.1) is 0 Å². The van der Waals surface area contributed by atoms with Crippen LogP contribution in [0.25, 0.3) is 16.0 Å². The van der Waals surface area contributed by atoms with Gasteiger partial charge in [0.05, 0.1) is 15.8 Å². The molecule has 0 saturated carbocycles. The van der Waals surface area contributed by atoms with E-state index in [9.17, 15) is 19.1 Å². The quantitative estimate of drug-likeness (QED) is 0.280. The van der Waals surface area contributed by atoms with Gasteiger partial charge in [-0.2, -0.15) is 0 Å². The molecule has 1 aliphatic rings. The lowest BCUT2D eigenvalue weighted by molar-refractivity contribution is -0.132. The fourth-order valence-electron chi connectivity index (χ4n) is 3.64. The molecule has 154 valence electrons. The van der Waals surface area contributed by atoms with Gasteiger partial charge < -0.3 is 9.52 Å². The summed E-state index contributed by atoms with van der Waals surface area (Å²) in [5.74, 6) is -1.49. The summed E-state index contributed by atoms with van der Waals surface area (Å²) in [5.41, 5.74) is 0.817. The Hall–Kier alpha value is -3.78. The summed E-state index contributed by atoms with van der Waals surface area (Å²) in [7, 11) is 0. The van der Waals surface area contributed by atoms with E-state index < -0.39 is 23.5 Å². The van der Waals surface area contributed by atoms with Crippen molar-refractivity contribution in [2.75, 3.05) is 4.90 Å². The number of furan rings is 1. The molecule has 5 rings (SSSR count). The molecule has 6 nitrogen and oxygen atoms in total. The molecule has 1 fully saturated rings. The van der Waals surface area contributed by atoms with Crippen molar-refractivity contribution in [1.29, 1.82) is 0 Å². The fraction of sp³-hybridized carbons (Fsp3) is 0.0870. The second-order valence-corrected chi connectivity index (χ2v) is 8.10. The molecule has 0 spiro atoms. The lowest BCUT2D eigenvalue weighted by Gasteiger charge is -2.20. The summed E-state index contributed by atoms with van der Waals surface area (Å²) in [6.45, 7) is 1.74. The third-order valence-corrected chi connectivity index (χ3v) is 6.09. The minimum atomic E-state index is -1.00. The molecule has 1 amide bonds. The summed E-state index contributed by atoms with van der Waals surface area (Å²) >= 11 is 1.09. The Labute approximate surface area is 179 Å². The summed E-state index contributed by atoms with van der Waals surface area (Å²) in [5, 5.41) is 11.2. The number of nitrogens with zero attached hydrogens (tertiary/aromatic N) is 2. The molecule has 1 atom stereocenters. The van der Waals surface area contributed by atoms with Crippen LogP contribution in [-0.2, 0) is 9.59 Å². The van der Waals surface area contributed by atoms with Gasteiger partial charge >= 0.3 is 5.91 Å². The highest BCUT2D eigenvalue weighted by atomic mass is 32.1. The molecule has 1 aliphatic heterocycles. The van der Waals surface area contributed by atoms with Crippen LogP contribution in [0, 0.1) is 12.7 Å². The van der Waals surface area contributed by atoms with Crippen LogP contribution in [0.1, 0.15) is 23.1 Å². The number of Topliss-reactive ketones (excluding diaryl/α,β-unsaturated/α-hetero) is 1. The second-order valence-electron chi connectivity index (χ2n) is 7.09. The first-order valence-corrected chi connectivity index (χ1v) is 10.2. The highest BCUT2D eigenvalue weighted by Crippen LogP contribution is 2.44.